The molecular formula is C10H7BrF3NO3. The molecule has 0 aliphatic rings. The van der Waals surface area contributed by atoms with Crippen molar-refractivity contribution in [1.29, 1.82) is 0 Å². The minimum absolute atomic E-state index is 0.0261. The maximum atomic E-state index is 12.1. The first-order chi connectivity index (χ1) is 8.25. The molecule has 0 saturated heterocycles. The maximum Gasteiger partial charge on any atom is 0.471 e. The van der Waals surface area contributed by atoms with Gasteiger partial charge >= 0.3 is 18.1 Å². The van der Waals surface area contributed by atoms with Gasteiger partial charge in [0.05, 0.1) is 18.4 Å². The predicted molar refractivity (Wildman–Crippen MR) is 60.2 cm³/mol. The number of benzene rings is 1. The Morgan fingerprint density at radius 3 is 2.44 bits per heavy atom. The molecule has 0 saturated carbocycles. The number of esters is 1. The van der Waals surface area contributed by atoms with Gasteiger partial charge in [0, 0.05) is 4.47 Å². The van der Waals surface area contributed by atoms with Crippen molar-refractivity contribution in [3.05, 3.63) is 28.2 Å². The van der Waals surface area contributed by atoms with Crippen LogP contribution in [0.1, 0.15) is 10.4 Å². The zero-order valence-electron chi connectivity index (χ0n) is 8.97. The van der Waals surface area contributed by atoms with E-state index in [4.69, 9.17) is 0 Å². The molecule has 18 heavy (non-hydrogen) atoms. The first kappa shape index (κ1) is 14.5. The van der Waals surface area contributed by atoms with E-state index in [9.17, 15) is 22.8 Å². The highest BCUT2D eigenvalue weighted by Crippen LogP contribution is 2.26. The number of ether oxygens (including phenoxy) is 1. The highest BCUT2D eigenvalue weighted by atomic mass is 79.9. The van der Waals surface area contributed by atoms with E-state index < -0.39 is 18.1 Å². The molecule has 0 heterocycles. The van der Waals surface area contributed by atoms with Crippen LogP contribution in [-0.4, -0.2) is 25.2 Å². The van der Waals surface area contributed by atoms with Gasteiger partial charge in [-0.2, -0.15) is 13.2 Å². The number of amides is 1. The third-order valence-electron chi connectivity index (χ3n) is 1.89. The van der Waals surface area contributed by atoms with E-state index in [1.165, 1.54) is 12.1 Å². The fourth-order valence-electron chi connectivity index (χ4n) is 1.06. The maximum absolute atomic E-state index is 12.1. The summed E-state index contributed by atoms with van der Waals surface area (Å²) in [6.07, 6.45) is -5.00. The first-order valence-electron chi connectivity index (χ1n) is 4.51. The molecule has 8 heteroatoms. The summed E-state index contributed by atoms with van der Waals surface area (Å²) in [6, 6.07) is 3.76. The van der Waals surface area contributed by atoms with Crippen LogP contribution in [0, 0.1) is 0 Å². The van der Waals surface area contributed by atoms with E-state index in [2.05, 4.69) is 20.7 Å². The van der Waals surface area contributed by atoms with Crippen molar-refractivity contribution in [2.24, 2.45) is 0 Å². The largest absolute Gasteiger partial charge is 0.471 e. The Bertz CT molecular complexity index is 488. The van der Waals surface area contributed by atoms with Crippen LogP contribution in [-0.2, 0) is 9.53 Å². The fraction of sp³-hybridized carbons (Fsp3) is 0.200. The van der Waals surface area contributed by atoms with E-state index in [0.29, 0.717) is 0 Å². The Kier molecular flexibility index (Phi) is 4.33. The van der Waals surface area contributed by atoms with E-state index in [0.717, 1.165) is 13.2 Å². The van der Waals surface area contributed by atoms with E-state index >= 15 is 0 Å². The molecule has 0 bridgehead atoms. The van der Waals surface area contributed by atoms with Crippen LogP contribution in [0.2, 0.25) is 0 Å². The standard InChI is InChI=1S/C10H7BrF3NO3/c1-18-8(16)5-2-3-6(11)7(4-5)15-9(17)10(12,13)14/h2-4H,1H3,(H,15,17). The number of hydrogen-bond acceptors (Lipinski definition) is 3. The number of alkyl halides is 3. The van der Waals surface area contributed by atoms with Gasteiger partial charge in [0.2, 0.25) is 0 Å². The summed E-state index contributed by atoms with van der Waals surface area (Å²) in [6.45, 7) is 0. The Morgan fingerprint density at radius 2 is 1.94 bits per heavy atom. The Labute approximate surface area is 108 Å². The number of nitrogens with one attached hydrogen (secondary N) is 1. The van der Waals surface area contributed by atoms with Gasteiger partial charge in [0.15, 0.2) is 0 Å². The minimum atomic E-state index is -5.00. The molecule has 0 aliphatic carbocycles. The molecule has 0 aromatic heterocycles. The lowest BCUT2D eigenvalue weighted by molar-refractivity contribution is -0.167. The number of carbonyl (C=O) groups is 2. The SMILES string of the molecule is COC(=O)c1ccc(Br)c(NC(=O)C(F)(F)F)c1. The fourth-order valence-corrected chi connectivity index (χ4v) is 1.40. The van der Waals surface area contributed by atoms with Crippen LogP contribution in [0.3, 0.4) is 0 Å². The van der Waals surface area contributed by atoms with Crippen LogP contribution in [0.5, 0.6) is 0 Å². The van der Waals surface area contributed by atoms with E-state index in [1.54, 1.807) is 5.32 Å². The van der Waals surface area contributed by atoms with Gasteiger partial charge in [-0.05, 0) is 34.1 Å². The predicted octanol–water partition coefficient (Wildman–Crippen LogP) is 2.74. The minimum Gasteiger partial charge on any atom is -0.465 e. The average molecular weight is 326 g/mol. The molecule has 0 fully saturated rings. The molecule has 0 unspecified atom stereocenters. The Hall–Kier alpha value is -1.57. The molecule has 98 valence electrons. The van der Waals surface area contributed by atoms with Gasteiger partial charge in [0.25, 0.3) is 0 Å². The topological polar surface area (TPSA) is 55.4 Å². The summed E-state index contributed by atoms with van der Waals surface area (Å²) in [7, 11) is 1.14. The van der Waals surface area contributed by atoms with Gasteiger partial charge < -0.3 is 10.1 Å². The molecule has 1 aromatic carbocycles. The van der Waals surface area contributed by atoms with Crippen LogP contribution >= 0.6 is 15.9 Å². The second-order valence-electron chi connectivity index (χ2n) is 3.14. The third-order valence-corrected chi connectivity index (χ3v) is 2.58. The van der Waals surface area contributed by atoms with Crippen molar-refractivity contribution in [3.8, 4) is 0 Å². The monoisotopic (exact) mass is 325 g/mol. The molecule has 1 amide bonds. The highest BCUT2D eigenvalue weighted by molar-refractivity contribution is 9.10. The molecule has 1 N–H and O–H groups in total. The molecule has 0 spiro atoms. The van der Waals surface area contributed by atoms with Crippen LogP contribution in [0.15, 0.2) is 22.7 Å². The number of methoxy groups -OCH3 is 1. The van der Waals surface area contributed by atoms with Gasteiger partial charge in [-0.15, -0.1) is 0 Å². The zero-order chi connectivity index (χ0) is 13.9. The molecule has 1 aromatic rings. The Morgan fingerprint density at radius 1 is 1.33 bits per heavy atom. The second kappa shape index (κ2) is 5.38. The zero-order valence-corrected chi connectivity index (χ0v) is 10.6. The number of rotatable bonds is 2. The summed E-state index contributed by atoms with van der Waals surface area (Å²) < 4.78 is 40.8. The summed E-state index contributed by atoms with van der Waals surface area (Å²) in [5.41, 5.74) is -0.140. The Balaban J connectivity index is 3.02. The normalized spacial score (nSPS) is 10.9. The number of anilines is 1. The van der Waals surface area contributed by atoms with Crippen molar-refractivity contribution in [2.75, 3.05) is 12.4 Å². The molecule has 0 aliphatic heterocycles. The molecule has 1 rings (SSSR count). The van der Waals surface area contributed by atoms with Crippen molar-refractivity contribution in [1.82, 2.24) is 0 Å². The molecular weight excluding hydrogens is 319 g/mol. The highest BCUT2D eigenvalue weighted by Gasteiger charge is 2.39. The van der Waals surface area contributed by atoms with E-state index in [-0.39, 0.29) is 15.7 Å². The molecule has 4 nitrogen and oxygen atoms in total. The smallest absolute Gasteiger partial charge is 0.465 e. The first-order valence-corrected chi connectivity index (χ1v) is 5.31. The molecule has 0 atom stereocenters. The summed E-state index contributed by atoms with van der Waals surface area (Å²) in [4.78, 5) is 22.0. The van der Waals surface area contributed by atoms with Crippen LogP contribution < -0.4 is 5.32 Å². The van der Waals surface area contributed by atoms with Crippen LogP contribution in [0.25, 0.3) is 0 Å². The number of halogens is 4. The average Bonchev–Trinajstić information content (AvgIpc) is 2.29. The quantitative estimate of drug-likeness (QED) is 0.851. The summed E-state index contributed by atoms with van der Waals surface area (Å²) in [5, 5.41) is 1.65. The number of hydrogen-bond donors (Lipinski definition) is 1. The lowest BCUT2D eigenvalue weighted by Crippen LogP contribution is -2.30. The lowest BCUT2D eigenvalue weighted by atomic mass is 10.2. The summed E-state index contributed by atoms with van der Waals surface area (Å²) >= 11 is 2.96. The van der Waals surface area contributed by atoms with Gasteiger partial charge in [0.1, 0.15) is 0 Å². The van der Waals surface area contributed by atoms with E-state index in [1.807, 2.05) is 0 Å². The second-order valence-corrected chi connectivity index (χ2v) is 3.99. The van der Waals surface area contributed by atoms with Gasteiger partial charge in [-0.25, -0.2) is 4.79 Å². The molecule has 0 radical (unpaired) electrons. The van der Waals surface area contributed by atoms with Gasteiger partial charge in [-0.1, -0.05) is 0 Å². The van der Waals surface area contributed by atoms with Crippen molar-refractivity contribution < 1.29 is 27.5 Å². The van der Waals surface area contributed by atoms with Crippen LogP contribution in [0.4, 0.5) is 18.9 Å². The number of carbonyl (C=O) groups excluding carboxylic acids is 2. The van der Waals surface area contributed by atoms with Crippen molar-refractivity contribution >= 4 is 33.5 Å². The third kappa shape index (κ3) is 3.46. The van der Waals surface area contributed by atoms with Crippen molar-refractivity contribution in [3.63, 3.8) is 0 Å². The van der Waals surface area contributed by atoms with Gasteiger partial charge in [-0.3, -0.25) is 4.79 Å². The van der Waals surface area contributed by atoms with Crippen molar-refractivity contribution in [2.45, 2.75) is 6.18 Å². The summed E-state index contributed by atoms with van der Waals surface area (Å²) in [5.74, 6) is -2.84. The lowest BCUT2D eigenvalue weighted by Gasteiger charge is -2.10.